The fraction of sp³-hybridized carbons (Fsp3) is 0.917. The van der Waals surface area contributed by atoms with Crippen molar-refractivity contribution < 1.29 is 9.90 Å². The van der Waals surface area contributed by atoms with Gasteiger partial charge in [0.15, 0.2) is 0 Å². The topological polar surface area (TPSA) is 52.6 Å². The Kier molecular flexibility index (Phi) is 3.82. The minimum atomic E-state index is -0.267. The zero-order valence-corrected chi connectivity index (χ0v) is 9.98. The first-order chi connectivity index (χ1) is 7.65. The smallest absolute Gasteiger partial charge is 0.234 e. The van der Waals surface area contributed by atoms with Crippen LogP contribution in [0.3, 0.4) is 0 Å². The average molecular weight is 226 g/mol. The second-order valence-electron chi connectivity index (χ2n) is 5.19. The lowest BCUT2D eigenvalue weighted by molar-refractivity contribution is -0.122. The monoisotopic (exact) mass is 226 g/mol. The number of nitrogens with zero attached hydrogens (tertiary/aromatic N) is 1. The Morgan fingerprint density at radius 3 is 2.88 bits per heavy atom. The maximum absolute atomic E-state index is 11.7. The van der Waals surface area contributed by atoms with Crippen LogP contribution >= 0.6 is 0 Å². The molecule has 0 spiro atoms. The van der Waals surface area contributed by atoms with Gasteiger partial charge in [0, 0.05) is 12.1 Å². The standard InChI is InChI=1S/C12H22N2O2/c1-9(15)7-11-3-2-6-14(11)8-12(16)13-10-4-5-10/h9-11,15H,2-8H2,1H3,(H,13,16). The Bertz CT molecular complexity index is 251. The van der Waals surface area contributed by atoms with Gasteiger partial charge in [0.1, 0.15) is 0 Å². The highest BCUT2D eigenvalue weighted by Gasteiger charge is 2.29. The number of hydrogen-bond acceptors (Lipinski definition) is 3. The van der Waals surface area contributed by atoms with Crippen molar-refractivity contribution in [2.45, 2.75) is 57.2 Å². The van der Waals surface area contributed by atoms with E-state index < -0.39 is 0 Å². The molecular formula is C12H22N2O2. The fourth-order valence-electron chi connectivity index (χ4n) is 2.45. The van der Waals surface area contributed by atoms with Crippen molar-refractivity contribution in [3.63, 3.8) is 0 Å². The summed E-state index contributed by atoms with van der Waals surface area (Å²) in [5.74, 6) is 0.153. The molecule has 2 atom stereocenters. The molecule has 2 N–H and O–H groups in total. The molecule has 0 bridgehead atoms. The summed E-state index contributed by atoms with van der Waals surface area (Å²) in [6, 6.07) is 0.843. The number of amides is 1. The van der Waals surface area contributed by atoms with Crippen LogP contribution in [-0.4, -0.2) is 47.2 Å². The van der Waals surface area contributed by atoms with E-state index in [-0.39, 0.29) is 12.0 Å². The van der Waals surface area contributed by atoms with Gasteiger partial charge in [-0.15, -0.1) is 0 Å². The molecule has 1 aliphatic heterocycles. The highest BCUT2D eigenvalue weighted by molar-refractivity contribution is 5.78. The van der Waals surface area contributed by atoms with E-state index in [0.717, 1.165) is 38.6 Å². The van der Waals surface area contributed by atoms with E-state index in [1.165, 1.54) is 0 Å². The molecule has 1 aliphatic carbocycles. The lowest BCUT2D eigenvalue weighted by atomic mass is 10.1. The highest BCUT2D eigenvalue weighted by Crippen LogP contribution is 2.22. The van der Waals surface area contributed by atoms with Gasteiger partial charge >= 0.3 is 0 Å². The summed E-state index contributed by atoms with van der Waals surface area (Å²) in [4.78, 5) is 13.9. The molecule has 2 rings (SSSR count). The average Bonchev–Trinajstić information content (AvgIpc) is 2.89. The largest absolute Gasteiger partial charge is 0.393 e. The molecule has 4 heteroatoms. The Balaban J connectivity index is 1.75. The molecule has 1 saturated carbocycles. The van der Waals surface area contributed by atoms with E-state index in [1.54, 1.807) is 0 Å². The molecule has 92 valence electrons. The normalized spacial score (nSPS) is 28.0. The van der Waals surface area contributed by atoms with E-state index in [1.807, 2.05) is 6.92 Å². The summed E-state index contributed by atoms with van der Waals surface area (Å²) in [5, 5.41) is 12.4. The van der Waals surface area contributed by atoms with Crippen molar-refractivity contribution in [2.75, 3.05) is 13.1 Å². The Labute approximate surface area is 97.0 Å². The lowest BCUT2D eigenvalue weighted by Gasteiger charge is -2.24. The number of carbonyl (C=O) groups excluding carboxylic acids is 1. The molecule has 1 heterocycles. The molecule has 2 fully saturated rings. The van der Waals surface area contributed by atoms with Gasteiger partial charge in [0.05, 0.1) is 12.6 Å². The van der Waals surface area contributed by atoms with Crippen LogP contribution < -0.4 is 5.32 Å². The summed E-state index contributed by atoms with van der Waals surface area (Å²) in [6.07, 6.45) is 5.06. The SMILES string of the molecule is CC(O)CC1CCCN1CC(=O)NC1CC1. The molecule has 4 nitrogen and oxygen atoms in total. The molecule has 1 amide bonds. The van der Waals surface area contributed by atoms with Gasteiger partial charge < -0.3 is 10.4 Å². The Hall–Kier alpha value is -0.610. The zero-order chi connectivity index (χ0) is 11.5. The molecule has 0 aromatic rings. The third-order valence-electron chi connectivity index (χ3n) is 3.40. The van der Waals surface area contributed by atoms with E-state index in [4.69, 9.17) is 0 Å². The van der Waals surface area contributed by atoms with Crippen LogP contribution in [0.25, 0.3) is 0 Å². The summed E-state index contributed by atoms with van der Waals surface area (Å²) < 4.78 is 0. The number of hydrogen-bond donors (Lipinski definition) is 2. The number of aliphatic hydroxyl groups excluding tert-OH is 1. The summed E-state index contributed by atoms with van der Waals surface area (Å²) in [5.41, 5.74) is 0. The van der Waals surface area contributed by atoms with E-state index in [2.05, 4.69) is 10.2 Å². The van der Waals surface area contributed by atoms with Crippen LogP contribution in [0, 0.1) is 0 Å². The van der Waals surface area contributed by atoms with Gasteiger partial charge in [-0.1, -0.05) is 0 Å². The lowest BCUT2D eigenvalue weighted by Crippen LogP contribution is -2.41. The number of likely N-dealkylation sites (tertiary alicyclic amines) is 1. The van der Waals surface area contributed by atoms with E-state index >= 15 is 0 Å². The summed E-state index contributed by atoms with van der Waals surface area (Å²) >= 11 is 0. The first-order valence-corrected chi connectivity index (χ1v) is 6.36. The van der Waals surface area contributed by atoms with Crippen LogP contribution in [-0.2, 0) is 4.79 Å². The second kappa shape index (κ2) is 5.15. The summed E-state index contributed by atoms with van der Waals surface area (Å²) in [6.45, 7) is 3.32. The molecule has 16 heavy (non-hydrogen) atoms. The number of nitrogens with one attached hydrogen (secondary N) is 1. The van der Waals surface area contributed by atoms with Crippen molar-refractivity contribution in [3.05, 3.63) is 0 Å². The molecule has 2 unspecified atom stereocenters. The third kappa shape index (κ3) is 3.46. The molecule has 2 aliphatic rings. The molecule has 0 aromatic carbocycles. The van der Waals surface area contributed by atoms with Crippen LogP contribution in [0.1, 0.15) is 39.0 Å². The fourth-order valence-corrected chi connectivity index (χ4v) is 2.45. The predicted molar refractivity (Wildman–Crippen MR) is 62.1 cm³/mol. The van der Waals surface area contributed by atoms with Crippen LogP contribution in [0.2, 0.25) is 0 Å². The first kappa shape index (κ1) is 11.9. The predicted octanol–water partition coefficient (Wildman–Crippen LogP) is 0.500. The second-order valence-corrected chi connectivity index (χ2v) is 5.19. The quantitative estimate of drug-likeness (QED) is 0.718. The molecule has 0 aromatic heterocycles. The molecular weight excluding hydrogens is 204 g/mol. The molecule has 1 saturated heterocycles. The van der Waals surface area contributed by atoms with E-state index in [9.17, 15) is 9.90 Å². The van der Waals surface area contributed by atoms with Crippen molar-refractivity contribution >= 4 is 5.91 Å². The minimum Gasteiger partial charge on any atom is -0.393 e. The highest BCUT2D eigenvalue weighted by atomic mass is 16.3. The number of aliphatic hydroxyl groups is 1. The van der Waals surface area contributed by atoms with Crippen LogP contribution in [0.15, 0.2) is 0 Å². The van der Waals surface area contributed by atoms with E-state index in [0.29, 0.717) is 18.6 Å². The minimum absolute atomic E-state index is 0.153. The summed E-state index contributed by atoms with van der Waals surface area (Å²) in [7, 11) is 0. The van der Waals surface area contributed by atoms with Gasteiger partial charge in [-0.05, 0) is 45.6 Å². The van der Waals surface area contributed by atoms with Gasteiger partial charge in [0.2, 0.25) is 5.91 Å². The van der Waals surface area contributed by atoms with Crippen LogP contribution in [0.5, 0.6) is 0 Å². The van der Waals surface area contributed by atoms with Gasteiger partial charge in [-0.3, -0.25) is 9.69 Å². The van der Waals surface area contributed by atoms with Crippen LogP contribution in [0.4, 0.5) is 0 Å². The zero-order valence-electron chi connectivity index (χ0n) is 9.98. The van der Waals surface area contributed by atoms with Crippen molar-refractivity contribution in [1.82, 2.24) is 10.2 Å². The third-order valence-corrected chi connectivity index (χ3v) is 3.40. The molecule has 0 radical (unpaired) electrons. The van der Waals surface area contributed by atoms with Crippen molar-refractivity contribution in [3.8, 4) is 0 Å². The maximum Gasteiger partial charge on any atom is 0.234 e. The Morgan fingerprint density at radius 2 is 2.25 bits per heavy atom. The van der Waals surface area contributed by atoms with Gasteiger partial charge in [-0.25, -0.2) is 0 Å². The number of carbonyl (C=O) groups is 1. The first-order valence-electron chi connectivity index (χ1n) is 6.36. The Morgan fingerprint density at radius 1 is 1.50 bits per heavy atom. The van der Waals surface area contributed by atoms with Gasteiger partial charge in [0.25, 0.3) is 0 Å². The van der Waals surface area contributed by atoms with Crippen molar-refractivity contribution in [2.24, 2.45) is 0 Å². The van der Waals surface area contributed by atoms with Crippen molar-refractivity contribution in [1.29, 1.82) is 0 Å². The maximum atomic E-state index is 11.7. The van der Waals surface area contributed by atoms with Gasteiger partial charge in [-0.2, -0.15) is 0 Å². The number of rotatable bonds is 5.